The summed E-state index contributed by atoms with van der Waals surface area (Å²) in [5.41, 5.74) is 6.23. The molecule has 0 spiro atoms. The van der Waals surface area contributed by atoms with Crippen LogP contribution >= 0.6 is 15.9 Å². The molecule has 0 heterocycles. The van der Waals surface area contributed by atoms with Gasteiger partial charge in [0.05, 0.1) is 12.2 Å². The Balaban J connectivity index is 2.10. The number of hydrogen-bond acceptors (Lipinski definition) is 3. The van der Waals surface area contributed by atoms with Crippen LogP contribution in [0.25, 0.3) is 0 Å². The number of oxime groups is 1. The van der Waals surface area contributed by atoms with Crippen molar-refractivity contribution in [3.8, 4) is 5.75 Å². The number of hydrogen-bond donors (Lipinski definition) is 2. The van der Waals surface area contributed by atoms with E-state index in [4.69, 9.17) is 15.7 Å². The van der Waals surface area contributed by atoms with E-state index < -0.39 is 0 Å². The molecule has 92 valence electrons. The van der Waals surface area contributed by atoms with Gasteiger partial charge in [0, 0.05) is 4.47 Å². The fraction of sp³-hybridized carbons (Fsp3) is 0.417. The van der Waals surface area contributed by atoms with Gasteiger partial charge in [0.25, 0.3) is 0 Å². The molecule has 1 aliphatic carbocycles. The fourth-order valence-electron chi connectivity index (χ4n) is 1.67. The van der Waals surface area contributed by atoms with Gasteiger partial charge in [0.15, 0.2) is 5.84 Å². The van der Waals surface area contributed by atoms with Crippen LogP contribution in [-0.4, -0.2) is 17.6 Å². The van der Waals surface area contributed by atoms with Crippen molar-refractivity contribution in [1.82, 2.24) is 0 Å². The number of ether oxygens (including phenoxy) is 1. The van der Waals surface area contributed by atoms with Crippen molar-refractivity contribution < 1.29 is 9.94 Å². The second-order valence-electron chi connectivity index (χ2n) is 4.18. The van der Waals surface area contributed by atoms with Crippen molar-refractivity contribution in [3.05, 3.63) is 28.2 Å². The van der Waals surface area contributed by atoms with Crippen LogP contribution < -0.4 is 10.5 Å². The molecule has 0 atom stereocenters. The average Bonchev–Trinajstić information content (AvgIpc) is 3.12. The van der Waals surface area contributed by atoms with Gasteiger partial charge in [-0.05, 0) is 40.4 Å². The number of benzene rings is 1. The molecule has 0 saturated heterocycles. The molecular formula is C12H15BrN2O2. The van der Waals surface area contributed by atoms with Crippen LogP contribution in [-0.2, 0) is 0 Å². The number of amidine groups is 1. The number of halogens is 1. The molecule has 0 aromatic heterocycles. The Morgan fingerprint density at radius 1 is 1.53 bits per heavy atom. The summed E-state index contributed by atoms with van der Waals surface area (Å²) in [6.07, 6.45) is 3.70. The van der Waals surface area contributed by atoms with E-state index in [1.807, 2.05) is 18.2 Å². The van der Waals surface area contributed by atoms with Crippen molar-refractivity contribution >= 4 is 21.8 Å². The first kappa shape index (κ1) is 12.2. The minimum Gasteiger partial charge on any atom is -0.493 e. The van der Waals surface area contributed by atoms with Crippen LogP contribution in [0.3, 0.4) is 0 Å². The van der Waals surface area contributed by atoms with E-state index in [0.717, 1.165) is 16.8 Å². The highest BCUT2D eigenvalue weighted by Gasteiger charge is 2.21. The molecule has 2 rings (SSSR count). The SMILES string of the molecule is N/C(=N/O)c1c(Br)cccc1OCCC1CC1. The van der Waals surface area contributed by atoms with E-state index in [0.29, 0.717) is 17.9 Å². The van der Waals surface area contributed by atoms with Crippen LogP contribution in [0.15, 0.2) is 27.8 Å². The maximum Gasteiger partial charge on any atom is 0.174 e. The zero-order valence-electron chi connectivity index (χ0n) is 9.40. The lowest BCUT2D eigenvalue weighted by Gasteiger charge is -2.11. The first-order valence-electron chi connectivity index (χ1n) is 5.61. The summed E-state index contributed by atoms with van der Waals surface area (Å²) in [5.74, 6) is 1.53. The largest absolute Gasteiger partial charge is 0.493 e. The second-order valence-corrected chi connectivity index (χ2v) is 5.03. The minimum absolute atomic E-state index is 0.0545. The van der Waals surface area contributed by atoms with Crippen LogP contribution in [0.1, 0.15) is 24.8 Å². The van der Waals surface area contributed by atoms with Gasteiger partial charge in [0.1, 0.15) is 5.75 Å². The van der Waals surface area contributed by atoms with Crippen LogP contribution in [0.4, 0.5) is 0 Å². The maximum absolute atomic E-state index is 8.75. The Labute approximate surface area is 109 Å². The zero-order chi connectivity index (χ0) is 12.3. The molecule has 1 aromatic carbocycles. The third-order valence-corrected chi connectivity index (χ3v) is 3.48. The molecule has 5 heteroatoms. The maximum atomic E-state index is 8.75. The molecule has 1 fully saturated rings. The van der Waals surface area contributed by atoms with Gasteiger partial charge in [-0.3, -0.25) is 0 Å². The van der Waals surface area contributed by atoms with Crippen molar-refractivity contribution in [2.45, 2.75) is 19.3 Å². The van der Waals surface area contributed by atoms with Crippen LogP contribution in [0.2, 0.25) is 0 Å². The van der Waals surface area contributed by atoms with Crippen LogP contribution in [0, 0.1) is 5.92 Å². The normalized spacial score (nSPS) is 15.9. The molecule has 1 aromatic rings. The third-order valence-electron chi connectivity index (χ3n) is 2.82. The van der Waals surface area contributed by atoms with E-state index in [9.17, 15) is 0 Å². The molecule has 1 aliphatic rings. The Morgan fingerprint density at radius 2 is 2.29 bits per heavy atom. The quantitative estimate of drug-likeness (QED) is 0.380. The summed E-state index contributed by atoms with van der Waals surface area (Å²) < 4.78 is 6.45. The van der Waals surface area contributed by atoms with E-state index in [-0.39, 0.29) is 5.84 Å². The van der Waals surface area contributed by atoms with E-state index in [1.165, 1.54) is 12.8 Å². The van der Waals surface area contributed by atoms with E-state index >= 15 is 0 Å². The van der Waals surface area contributed by atoms with Crippen molar-refractivity contribution in [2.75, 3.05) is 6.61 Å². The number of nitrogens with two attached hydrogens (primary N) is 1. The fourth-order valence-corrected chi connectivity index (χ4v) is 2.22. The summed E-state index contributed by atoms with van der Waals surface area (Å²) >= 11 is 3.37. The van der Waals surface area contributed by atoms with Crippen molar-refractivity contribution in [1.29, 1.82) is 0 Å². The monoisotopic (exact) mass is 298 g/mol. The lowest BCUT2D eigenvalue weighted by atomic mass is 10.2. The predicted molar refractivity (Wildman–Crippen MR) is 69.5 cm³/mol. The second kappa shape index (κ2) is 5.40. The van der Waals surface area contributed by atoms with Gasteiger partial charge >= 0.3 is 0 Å². The van der Waals surface area contributed by atoms with Crippen LogP contribution in [0.5, 0.6) is 5.75 Å². The van der Waals surface area contributed by atoms with Gasteiger partial charge < -0.3 is 15.7 Å². The number of nitrogens with zero attached hydrogens (tertiary/aromatic N) is 1. The Kier molecular flexibility index (Phi) is 3.89. The highest BCUT2D eigenvalue weighted by molar-refractivity contribution is 9.10. The molecule has 0 unspecified atom stereocenters. The Hall–Kier alpha value is -1.23. The molecule has 1 saturated carbocycles. The first-order valence-corrected chi connectivity index (χ1v) is 6.41. The van der Waals surface area contributed by atoms with E-state index in [2.05, 4.69) is 21.1 Å². The van der Waals surface area contributed by atoms with Gasteiger partial charge in [-0.15, -0.1) is 0 Å². The van der Waals surface area contributed by atoms with Gasteiger partial charge in [0.2, 0.25) is 0 Å². The van der Waals surface area contributed by atoms with Gasteiger partial charge in [-0.2, -0.15) is 0 Å². The highest BCUT2D eigenvalue weighted by atomic mass is 79.9. The molecule has 17 heavy (non-hydrogen) atoms. The zero-order valence-corrected chi connectivity index (χ0v) is 11.0. The Morgan fingerprint density at radius 3 is 2.94 bits per heavy atom. The van der Waals surface area contributed by atoms with Gasteiger partial charge in [-0.1, -0.05) is 24.1 Å². The summed E-state index contributed by atoms with van der Waals surface area (Å²) in [6, 6.07) is 5.52. The lowest BCUT2D eigenvalue weighted by Crippen LogP contribution is -2.16. The summed E-state index contributed by atoms with van der Waals surface area (Å²) in [6.45, 7) is 0.673. The molecular weight excluding hydrogens is 284 g/mol. The van der Waals surface area contributed by atoms with Crippen molar-refractivity contribution in [2.24, 2.45) is 16.8 Å². The first-order chi connectivity index (χ1) is 8.22. The molecule has 4 nitrogen and oxygen atoms in total. The molecule has 0 radical (unpaired) electrons. The highest BCUT2D eigenvalue weighted by Crippen LogP contribution is 2.33. The summed E-state index contributed by atoms with van der Waals surface area (Å²) in [4.78, 5) is 0. The number of rotatable bonds is 5. The summed E-state index contributed by atoms with van der Waals surface area (Å²) in [7, 11) is 0. The summed E-state index contributed by atoms with van der Waals surface area (Å²) in [5, 5.41) is 11.8. The van der Waals surface area contributed by atoms with E-state index in [1.54, 1.807) is 0 Å². The smallest absolute Gasteiger partial charge is 0.174 e. The molecule has 3 N–H and O–H groups in total. The Bertz CT molecular complexity index is 431. The molecule has 0 bridgehead atoms. The van der Waals surface area contributed by atoms with Gasteiger partial charge in [-0.25, -0.2) is 0 Å². The average molecular weight is 299 g/mol. The predicted octanol–water partition coefficient (Wildman–Crippen LogP) is 2.72. The third kappa shape index (κ3) is 3.12. The van der Waals surface area contributed by atoms with Crippen molar-refractivity contribution in [3.63, 3.8) is 0 Å². The lowest BCUT2D eigenvalue weighted by molar-refractivity contribution is 0.300. The minimum atomic E-state index is 0.0545. The topological polar surface area (TPSA) is 67.8 Å². The molecule has 0 aliphatic heterocycles. The molecule has 0 amide bonds. The standard InChI is InChI=1S/C12H15BrN2O2/c13-9-2-1-3-10(11(9)12(14)15-16)17-7-6-8-4-5-8/h1-3,8,16H,4-7H2,(H2,14,15).